The van der Waals surface area contributed by atoms with E-state index in [1.165, 1.54) is 4.31 Å². The van der Waals surface area contributed by atoms with Crippen molar-refractivity contribution in [2.24, 2.45) is 5.92 Å². The van der Waals surface area contributed by atoms with Crippen molar-refractivity contribution in [3.63, 3.8) is 0 Å². The van der Waals surface area contributed by atoms with Crippen LogP contribution in [0, 0.1) is 26.7 Å². The lowest BCUT2D eigenvalue weighted by Crippen LogP contribution is -2.43. The molecule has 0 aliphatic carbocycles. The molecular formula is C21H26N6O3S. The van der Waals surface area contributed by atoms with Crippen LogP contribution >= 0.6 is 0 Å². The van der Waals surface area contributed by atoms with Crippen LogP contribution in [0.2, 0.25) is 0 Å². The first kappa shape index (κ1) is 21.4. The number of benzene rings is 1. The number of sulfonamides is 1. The highest BCUT2D eigenvalue weighted by Crippen LogP contribution is 2.24. The van der Waals surface area contributed by atoms with Crippen molar-refractivity contribution < 1.29 is 13.2 Å². The van der Waals surface area contributed by atoms with Gasteiger partial charge in [0.25, 0.3) is 5.78 Å². The lowest BCUT2D eigenvalue weighted by Gasteiger charge is -2.30. The molecule has 1 fully saturated rings. The molecule has 0 radical (unpaired) electrons. The maximum Gasteiger partial charge on any atom is 0.255 e. The van der Waals surface area contributed by atoms with Gasteiger partial charge in [0.05, 0.1) is 11.4 Å². The van der Waals surface area contributed by atoms with E-state index in [4.69, 9.17) is 0 Å². The fraction of sp³-hybridized carbons (Fsp3) is 0.429. The van der Waals surface area contributed by atoms with Gasteiger partial charge in [0.2, 0.25) is 15.9 Å². The van der Waals surface area contributed by atoms with E-state index in [1.54, 1.807) is 24.3 Å². The van der Waals surface area contributed by atoms with Crippen LogP contribution in [0.3, 0.4) is 0 Å². The highest BCUT2D eigenvalue weighted by molar-refractivity contribution is 7.89. The first-order valence-electron chi connectivity index (χ1n) is 10.3. The summed E-state index contributed by atoms with van der Waals surface area (Å²) in [5.74, 6) is 0.802. The van der Waals surface area contributed by atoms with E-state index in [0.29, 0.717) is 42.4 Å². The van der Waals surface area contributed by atoms with Crippen LogP contribution in [-0.4, -0.2) is 51.3 Å². The number of aryl methyl sites for hydroxylation is 3. The molecule has 3 aromatic rings. The standard InChI is InChI=1S/C21H26N6O3S/c1-14-4-6-18(7-5-14)31(29,30)26-10-8-17(9-11-26)20(28)22-13-19-24-25-21-23-15(2)12-16(3)27(19)21/h4-7,12,17H,8-11,13H2,1-3H3,(H,22,28). The Hall–Kier alpha value is -2.85. The Morgan fingerprint density at radius 1 is 1.10 bits per heavy atom. The van der Waals surface area contributed by atoms with Crippen LogP contribution in [0.25, 0.3) is 5.78 Å². The van der Waals surface area contributed by atoms with Gasteiger partial charge in [-0.05, 0) is 51.8 Å². The second kappa shape index (κ2) is 8.35. The Balaban J connectivity index is 1.36. The number of aromatic nitrogens is 4. The number of rotatable bonds is 5. The monoisotopic (exact) mass is 442 g/mol. The minimum Gasteiger partial charge on any atom is -0.349 e. The van der Waals surface area contributed by atoms with Crippen LogP contribution in [0.4, 0.5) is 0 Å². The maximum atomic E-state index is 12.8. The number of hydrogen-bond donors (Lipinski definition) is 1. The quantitative estimate of drug-likeness (QED) is 0.645. The van der Waals surface area contributed by atoms with Crippen molar-refractivity contribution in [3.05, 3.63) is 53.1 Å². The Labute approximate surface area is 181 Å². The third-order valence-electron chi connectivity index (χ3n) is 5.66. The topological polar surface area (TPSA) is 110 Å². The summed E-state index contributed by atoms with van der Waals surface area (Å²) >= 11 is 0. The molecule has 1 aromatic carbocycles. The Bertz CT molecular complexity index is 1210. The summed E-state index contributed by atoms with van der Waals surface area (Å²) in [4.78, 5) is 17.3. The van der Waals surface area contributed by atoms with E-state index in [-0.39, 0.29) is 18.4 Å². The van der Waals surface area contributed by atoms with Gasteiger partial charge in [0.1, 0.15) is 0 Å². The maximum absolute atomic E-state index is 12.8. The highest BCUT2D eigenvalue weighted by Gasteiger charge is 2.32. The van der Waals surface area contributed by atoms with Crippen LogP contribution in [0.15, 0.2) is 35.2 Å². The molecule has 0 unspecified atom stereocenters. The summed E-state index contributed by atoms with van der Waals surface area (Å²) < 4.78 is 29.0. The average molecular weight is 443 g/mol. The zero-order valence-electron chi connectivity index (χ0n) is 17.9. The van der Waals surface area contributed by atoms with Crippen molar-refractivity contribution in [2.45, 2.75) is 45.1 Å². The summed E-state index contributed by atoms with van der Waals surface area (Å²) in [6, 6.07) is 8.78. The van der Waals surface area contributed by atoms with Gasteiger partial charge in [-0.3, -0.25) is 9.20 Å². The summed E-state index contributed by atoms with van der Waals surface area (Å²) in [7, 11) is -3.54. The molecule has 4 rings (SSSR count). The van der Waals surface area contributed by atoms with Gasteiger partial charge in [0, 0.05) is 30.4 Å². The predicted molar refractivity (Wildman–Crippen MR) is 115 cm³/mol. The Morgan fingerprint density at radius 3 is 2.45 bits per heavy atom. The molecule has 0 atom stereocenters. The fourth-order valence-corrected chi connectivity index (χ4v) is 5.41. The Morgan fingerprint density at radius 2 is 1.77 bits per heavy atom. The van der Waals surface area contributed by atoms with E-state index in [0.717, 1.165) is 17.0 Å². The van der Waals surface area contributed by atoms with Crippen LogP contribution in [0.5, 0.6) is 0 Å². The lowest BCUT2D eigenvalue weighted by atomic mass is 9.97. The van der Waals surface area contributed by atoms with E-state index in [1.807, 2.05) is 31.2 Å². The molecule has 2 aromatic heterocycles. The van der Waals surface area contributed by atoms with Gasteiger partial charge >= 0.3 is 0 Å². The molecular weight excluding hydrogens is 416 g/mol. The molecule has 9 nitrogen and oxygen atoms in total. The number of hydrogen-bond acceptors (Lipinski definition) is 6. The van der Waals surface area contributed by atoms with Gasteiger partial charge < -0.3 is 5.32 Å². The van der Waals surface area contributed by atoms with Crippen molar-refractivity contribution >= 4 is 21.7 Å². The molecule has 1 N–H and O–H groups in total. The van der Waals surface area contributed by atoms with Gasteiger partial charge in [-0.25, -0.2) is 13.4 Å². The summed E-state index contributed by atoms with van der Waals surface area (Å²) in [6.45, 7) is 6.65. The number of carbonyl (C=O) groups excluding carboxylic acids is 1. The predicted octanol–water partition coefficient (Wildman–Crippen LogP) is 1.77. The van der Waals surface area contributed by atoms with Crippen molar-refractivity contribution in [3.8, 4) is 0 Å². The van der Waals surface area contributed by atoms with E-state index in [2.05, 4.69) is 20.5 Å². The summed E-state index contributed by atoms with van der Waals surface area (Å²) in [5, 5.41) is 11.1. The third-order valence-corrected chi connectivity index (χ3v) is 7.58. The number of piperidine rings is 1. The molecule has 0 spiro atoms. The van der Waals surface area contributed by atoms with Crippen LogP contribution in [0.1, 0.15) is 35.6 Å². The van der Waals surface area contributed by atoms with Crippen LogP contribution < -0.4 is 5.32 Å². The summed E-state index contributed by atoms with van der Waals surface area (Å²) in [5.41, 5.74) is 2.82. The lowest BCUT2D eigenvalue weighted by molar-refractivity contribution is -0.126. The molecule has 1 aliphatic heterocycles. The smallest absolute Gasteiger partial charge is 0.255 e. The normalized spacial score (nSPS) is 16.0. The first-order chi connectivity index (χ1) is 14.8. The number of fused-ring (bicyclic) bond motifs is 1. The minimum atomic E-state index is -3.54. The molecule has 3 heterocycles. The highest BCUT2D eigenvalue weighted by atomic mass is 32.2. The zero-order valence-corrected chi connectivity index (χ0v) is 18.7. The van der Waals surface area contributed by atoms with E-state index < -0.39 is 10.0 Å². The molecule has 0 saturated carbocycles. The second-order valence-corrected chi connectivity index (χ2v) is 9.94. The first-order valence-corrected chi connectivity index (χ1v) is 11.7. The largest absolute Gasteiger partial charge is 0.349 e. The van der Waals surface area contributed by atoms with Crippen molar-refractivity contribution in [1.82, 2.24) is 29.2 Å². The number of nitrogens with one attached hydrogen (secondary N) is 1. The molecule has 164 valence electrons. The molecule has 1 aliphatic rings. The van der Waals surface area contributed by atoms with E-state index >= 15 is 0 Å². The number of amides is 1. The Kier molecular flexibility index (Phi) is 5.76. The number of nitrogens with zero attached hydrogens (tertiary/aromatic N) is 5. The van der Waals surface area contributed by atoms with Gasteiger partial charge in [-0.1, -0.05) is 17.7 Å². The molecule has 31 heavy (non-hydrogen) atoms. The van der Waals surface area contributed by atoms with Gasteiger partial charge in [-0.2, -0.15) is 4.31 Å². The van der Waals surface area contributed by atoms with Crippen molar-refractivity contribution in [2.75, 3.05) is 13.1 Å². The molecule has 1 saturated heterocycles. The molecule has 0 bridgehead atoms. The SMILES string of the molecule is Cc1ccc(S(=O)(=O)N2CCC(C(=O)NCc3nnc4nc(C)cc(C)n34)CC2)cc1. The van der Waals surface area contributed by atoms with Crippen molar-refractivity contribution in [1.29, 1.82) is 0 Å². The fourth-order valence-electron chi connectivity index (χ4n) is 3.94. The molecule has 1 amide bonds. The zero-order chi connectivity index (χ0) is 22.2. The molecule has 10 heteroatoms. The third kappa shape index (κ3) is 4.31. The minimum absolute atomic E-state index is 0.0955. The average Bonchev–Trinajstić information content (AvgIpc) is 3.15. The van der Waals surface area contributed by atoms with E-state index in [9.17, 15) is 13.2 Å². The van der Waals surface area contributed by atoms with Crippen LogP contribution in [-0.2, 0) is 21.4 Å². The van der Waals surface area contributed by atoms with Gasteiger partial charge in [-0.15, -0.1) is 10.2 Å². The second-order valence-electron chi connectivity index (χ2n) is 8.00. The number of carbonyl (C=O) groups is 1. The summed E-state index contributed by atoms with van der Waals surface area (Å²) in [6.07, 6.45) is 0.967. The van der Waals surface area contributed by atoms with Gasteiger partial charge in [0.15, 0.2) is 5.82 Å².